The number of rotatable bonds is 20. The van der Waals surface area contributed by atoms with E-state index in [1.165, 1.54) is 0 Å². The van der Waals surface area contributed by atoms with Gasteiger partial charge in [-0.3, -0.25) is 19.2 Å². The van der Waals surface area contributed by atoms with E-state index in [4.69, 9.17) is 20.4 Å². The van der Waals surface area contributed by atoms with Crippen LogP contribution in [0.5, 0.6) is 0 Å². The van der Waals surface area contributed by atoms with E-state index in [0.29, 0.717) is 0 Å². The fourth-order valence-electron chi connectivity index (χ4n) is 4.35. The molecule has 0 unspecified atom stereocenters. The minimum atomic E-state index is -0.635. The first kappa shape index (κ1) is 54.4. The molecule has 0 aliphatic rings. The van der Waals surface area contributed by atoms with Crippen LogP contribution in [0.1, 0.15) is 158 Å². The topological polar surface area (TPSA) is 149 Å². The van der Waals surface area contributed by atoms with Gasteiger partial charge in [0.25, 0.3) is 0 Å². The average Bonchev–Trinajstić information content (AvgIpc) is 2.89. The molecule has 0 spiro atoms. The van der Waals surface area contributed by atoms with Crippen molar-refractivity contribution in [1.29, 1.82) is 0 Å². The number of aliphatic carboxylic acids is 4. The molecule has 240 valence electrons. The first-order valence-electron chi connectivity index (χ1n) is 15.8. The Bertz CT molecular complexity index is 489. The van der Waals surface area contributed by atoms with Gasteiger partial charge in [-0.15, -0.1) is 0 Å². The van der Waals surface area contributed by atoms with Crippen LogP contribution >= 0.6 is 0 Å². The maximum absolute atomic E-state index is 10.5. The van der Waals surface area contributed by atoms with Gasteiger partial charge in [0, 0.05) is 0 Å². The molecule has 0 aliphatic carbocycles. The Balaban J connectivity index is -0.000000101. The number of hydrogen-bond donors (Lipinski definition) is 4. The maximum Gasteiger partial charge on any atom is 1.00 e. The van der Waals surface area contributed by atoms with Gasteiger partial charge >= 0.3 is 83.0 Å². The molecule has 0 aromatic rings. The van der Waals surface area contributed by atoms with E-state index in [2.05, 4.69) is 0 Å². The molecule has 0 fully saturated rings. The molecule has 0 saturated heterocycles. The fourth-order valence-corrected chi connectivity index (χ4v) is 4.35. The van der Waals surface area contributed by atoms with Crippen molar-refractivity contribution in [3.05, 3.63) is 0 Å². The van der Waals surface area contributed by atoms with Gasteiger partial charge in [0.2, 0.25) is 0 Å². The van der Waals surface area contributed by atoms with Gasteiger partial charge in [-0.1, -0.05) is 107 Å². The predicted molar refractivity (Wildman–Crippen MR) is 164 cm³/mol. The molecule has 0 aromatic carbocycles. The molecule has 0 saturated carbocycles. The van der Waals surface area contributed by atoms with E-state index >= 15 is 0 Å². The Labute approximate surface area is 302 Å². The Morgan fingerprint density at radius 2 is 0.429 bits per heavy atom. The van der Waals surface area contributed by atoms with Crippen LogP contribution in [-0.4, -0.2) is 44.3 Å². The van der Waals surface area contributed by atoms with Crippen molar-refractivity contribution in [2.45, 2.75) is 158 Å². The van der Waals surface area contributed by atoms with Gasteiger partial charge < -0.3 is 20.4 Å². The summed E-state index contributed by atoms with van der Waals surface area (Å²) in [4.78, 5) is 41.9. The second-order valence-electron chi connectivity index (χ2n) is 10.5. The van der Waals surface area contributed by atoms with Crippen LogP contribution < -0.4 is 59.1 Å². The van der Waals surface area contributed by atoms with Gasteiger partial charge in [-0.2, -0.15) is 0 Å². The Morgan fingerprint density at radius 1 is 0.333 bits per heavy atom. The number of carbonyl (C=O) groups is 4. The summed E-state index contributed by atoms with van der Waals surface area (Å²) >= 11 is 0. The summed E-state index contributed by atoms with van der Waals surface area (Å²) in [5.41, 5.74) is 0. The summed E-state index contributed by atoms with van der Waals surface area (Å²) in [5, 5.41) is 34.5. The molecule has 0 amide bonds. The predicted octanol–water partition coefficient (Wildman–Crippen LogP) is 3.16. The van der Waals surface area contributed by atoms with E-state index in [9.17, 15) is 19.2 Å². The largest absolute Gasteiger partial charge is 1.00 e. The van der Waals surface area contributed by atoms with Gasteiger partial charge in [0.15, 0.2) is 0 Å². The second-order valence-corrected chi connectivity index (χ2v) is 10.5. The molecule has 0 bridgehead atoms. The van der Waals surface area contributed by atoms with Gasteiger partial charge in [-0.05, 0) is 51.4 Å². The fraction of sp³-hybridized carbons (Fsp3) is 0.875. The molecule has 8 nitrogen and oxygen atoms in total. The molecular weight excluding hydrogens is 558 g/mol. The van der Waals surface area contributed by atoms with Crippen molar-refractivity contribution >= 4 is 23.9 Å². The first-order valence-corrected chi connectivity index (χ1v) is 15.8. The average molecular weight is 623 g/mol. The molecule has 4 N–H and O–H groups in total. The van der Waals surface area contributed by atoms with Crippen molar-refractivity contribution in [1.82, 2.24) is 0 Å². The van der Waals surface area contributed by atoms with Crippen LogP contribution in [0, 0.1) is 23.7 Å². The SMILES string of the molecule is CCCC(CCC)C(=O)O.CCCC(CCC)C(=O)O.CCCC(CCC)C(=O)O.CCCC(CCC)C(=O)O.[Na+].[Na+]. The maximum atomic E-state index is 10.5. The Morgan fingerprint density at radius 3 is 0.476 bits per heavy atom. The molecule has 0 rings (SSSR count). The molecule has 10 heteroatoms. The van der Waals surface area contributed by atoms with Crippen molar-refractivity contribution < 1.29 is 98.7 Å². The Hall–Kier alpha value is -0.120. The van der Waals surface area contributed by atoms with Crippen LogP contribution in [0.25, 0.3) is 0 Å². The third kappa shape index (κ3) is 37.9. The van der Waals surface area contributed by atoms with E-state index in [-0.39, 0.29) is 82.8 Å². The zero-order chi connectivity index (χ0) is 31.9. The standard InChI is InChI=1S/4C8H16O2.2Na/c4*1-3-5-7(6-4-2)8(9)10;;/h4*7H,3-6H2,1-2H3,(H,9,10);;/q;;;;2*+1. The zero-order valence-electron chi connectivity index (χ0n) is 29.0. The molecular formula is C32H64Na2O8+2. The van der Waals surface area contributed by atoms with Crippen molar-refractivity contribution in [3.8, 4) is 0 Å². The Kier molecular flexibility index (Phi) is 52.9. The summed E-state index contributed by atoms with van der Waals surface area (Å²) < 4.78 is 0. The molecule has 0 atom stereocenters. The normalized spacial score (nSPS) is 9.81. The summed E-state index contributed by atoms with van der Waals surface area (Å²) in [5.74, 6) is -2.95. The molecule has 42 heavy (non-hydrogen) atoms. The van der Waals surface area contributed by atoms with Crippen LogP contribution in [0.15, 0.2) is 0 Å². The molecule has 0 aliphatic heterocycles. The zero-order valence-corrected chi connectivity index (χ0v) is 33.0. The summed E-state index contributed by atoms with van der Waals surface area (Å²) in [6.45, 7) is 16.2. The minimum Gasteiger partial charge on any atom is -0.481 e. The van der Waals surface area contributed by atoms with Gasteiger partial charge in [-0.25, -0.2) is 0 Å². The number of hydrogen-bond acceptors (Lipinski definition) is 4. The minimum absolute atomic E-state index is 0. The van der Waals surface area contributed by atoms with Crippen LogP contribution in [-0.2, 0) is 19.2 Å². The monoisotopic (exact) mass is 622 g/mol. The van der Waals surface area contributed by atoms with Crippen LogP contribution in [0.2, 0.25) is 0 Å². The van der Waals surface area contributed by atoms with Crippen LogP contribution in [0.3, 0.4) is 0 Å². The van der Waals surface area contributed by atoms with E-state index in [1.54, 1.807) is 0 Å². The number of carboxylic acids is 4. The third-order valence-electron chi connectivity index (χ3n) is 6.49. The molecule has 0 aromatic heterocycles. The first-order chi connectivity index (χ1) is 18.9. The van der Waals surface area contributed by atoms with E-state index in [0.717, 1.165) is 103 Å². The smallest absolute Gasteiger partial charge is 0.481 e. The van der Waals surface area contributed by atoms with Crippen molar-refractivity contribution in [2.24, 2.45) is 23.7 Å². The molecule has 0 radical (unpaired) electrons. The van der Waals surface area contributed by atoms with Gasteiger partial charge in [0.1, 0.15) is 0 Å². The summed E-state index contributed by atoms with van der Waals surface area (Å²) in [7, 11) is 0. The quantitative estimate of drug-likeness (QED) is 0.151. The summed E-state index contributed by atoms with van der Waals surface area (Å²) in [6.07, 6.45) is 14.3. The van der Waals surface area contributed by atoms with Crippen LogP contribution in [0.4, 0.5) is 0 Å². The summed E-state index contributed by atoms with van der Waals surface area (Å²) in [6, 6.07) is 0. The molecule has 0 heterocycles. The number of carboxylic acid groups (broad SMARTS) is 4. The third-order valence-corrected chi connectivity index (χ3v) is 6.49. The van der Waals surface area contributed by atoms with E-state index in [1.807, 2.05) is 55.4 Å². The van der Waals surface area contributed by atoms with Crippen molar-refractivity contribution in [2.75, 3.05) is 0 Å². The second kappa shape index (κ2) is 40.9. The van der Waals surface area contributed by atoms with E-state index < -0.39 is 23.9 Å². The van der Waals surface area contributed by atoms with Crippen molar-refractivity contribution in [3.63, 3.8) is 0 Å². The van der Waals surface area contributed by atoms with Gasteiger partial charge in [0.05, 0.1) is 23.7 Å².